The average molecular weight is 113 g/mol. The summed E-state index contributed by atoms with van der Waals surface area (Å²) in [6.07, 6.45) is 3.86. The number of aliphatic hydroxyl groups excluding tert-OH is 1. The Hall–Kier alpha value is -0.300. The van der Waals surface area contributed by atoms with Crippen LogP contribution >= 0.6 is 0 Å². The maximum absolute atomic E-state index is 8.88. The smallest absolute Gasteiger partial charge is 0.0543 e. The maximum Gasteiger partial charge on any atom is 0.0543 e. The minimum absolute atomic E-state index is 0.229. The summed E-state index contributed by atoms with van der Waals surface area (Å²) in [4.78, 5) is 0. The van der Waals surface area contributed by atoms with Crippen molar-refractivity contribution in [1.29, 1.82) is 0 Å². The van der Waals surface area contributed by atoms with Gasteiger partial charge in [0.05, 0.1) is 6.10 Å². The Balaban J connectivity index is 2.97. The zero-order valence-corrected chi connectivity index (χ0v) is 5.14. The van der Waals surface area contributed by atoms with Crippen molar-refractivity contribution in [1.82, 2.24) is 0 Å². The van der Waals surface area contributed by atoms with Crippen LogP contribution in [0.5, 0.6) is 0 Å². The molecular weight excluding hydrogens is 100 g/mol. The summed E-state index contributed by atoms with van der Waals surface area (Å²) in [6.45, 7) is 7.09. The van der Waals surface area contributed by atoms with E-state index in [-0.39, 0.29) is 6.10 Å². The van der Waals surface area contributed by atoms with Crippen LogP contribution in [0.15, 0.2) is 12.7 Å². The zero-order chi connectivity index (χ0) is 6.41. The summed E-state index contributed by atoms with van der Waals surface area (Å²) in [5.74, 6) is 0. The molecule has 8 heavy (non-hydrogen) atoms. The van der Waals surface area contributed by atoms with Crippen molar-refractivity contribution in [2.75, 3.05) is 0 Å². The molecule has 0 fully saturated rings. The van der Waals surface area contributed by atoms with Gasteiger partial charge in [-0.1, -0.05) is 13.0 Å². The number of aliphatic hydroxyl groups is 1. The molecule has 1 nitrogen and oxygen atoms in total. The van der Waals surface area contributed by atoms with Gasteiger partial charge in [0.25, 0.3) is 0 Å². The lowest BCUT2D eigenvalue weighted by atomic mass is 10.1. The highest BCUT2D eigenvalue weighted by Crippen LogP contribution is 1.99. The van der Waals surface area contributed by atoms with Crippen molar-refractivity contribution in [3.8, 4) is 0 Å². The second-order valence-electron chi connectivity index (χ2n) is 1.81. The van der Waals surface area contributed by atoms with Crippen LogP contribution in [0, 0.1) is 6.92 Å². The van der Waals surface area contributed by atoms with Crippen LogP contribution in [-0.4, -0.2) is 11.2 Å². The van der Waals surface area contributed by atoms with E-state index in [0.717, 1.165) is 12.8 Å². The molecule has 1 N–H and O–H groups in total. The molecule has 0 aromatic rings. The van der Waals surface area contributed by atoms with Gasteiger partial charge in [0.1, 0.15) is 0 Å². The summed E-state index contributed by atoms with van der Waals surface area (Å²) in [5.41, 5.74) is 0. The van der Waals surface area contributed by atoms with Crippen molar-refractivity contribution in [3.63, 3.8) is 0 Å². The molecule has 0 rings (SSSR count). The molecule has 0 aromatic carbocycles. The highest BCUT2D eigenvalue weighted by Gasteiger charge is 1.95. The van der Waals surface area contributed by atoms with Gasteiger partial charge in [-0.25, -0.2) is 0 Å². The van der Waals surface area contributed by atoms with Gasteiger partial charge in [-0.15, -0.1) is 6.58 Å². The Kier molecular flexibility index (Phi) is 4.67. The van der Waals surface area contributed by atoms with Crippen molar-refractivity contribution in [2.24, 2.45) is 0 Å². The van der Waals surface area contributed by atoms with Gasteiger partial charge >= 0.3 is 0 Å². The van der Waals surface area contributed by atoms with Crippen LogP contribution in [0.4, 0.5) is 0 Å². The molecule has 0 saturated carbocycles. The lowest BCUT2D eigenvalue weighted by molar-refractivity contribution is 0.168. The molecule has 0 aromatic heterocycles. The standard InChI is InChI=1S/C7H13O/c1-3-5-6-7(8)4-2/h3,7-8H,1-2,4-6H2. The monoisotopic (exact) mass is 113 g/mol. The molecular formula is C7H13O. The van der Waals surface area contributed by atoms with Crippen LogP contribution in [0.25, 0.3) is 0 Å². The van der Waals surface area contributed by atoms with Gasteiger partial charge in [0.15, 0.2) is 0 Å². The van der Waals surface area contributed by atoms with Gasteiger partial charge in [0.2, 0.25) is 0 Å². The molecule has 0 aliphatic carbocycles. The van der Waals surface area contributed by atoms with Crippen LogP contribution < -0.4 is 0 Å². The molecule has 0 heterocycles. The highest BCUT2D eigenvalue weighted by atomic mass is 16.3. The largest absolute Gasteiger partial charge is 0.393 e. The van der Waals surface area contributed by atoms with Gasteiger partial charge < -0.3 is 5.11 Å². The van der Waals surface area contributed by atoms with Crippen molar-refractivity contribution in [3.05, 3.63) is 19.6 Å². The third-order valence-electron chi connectivity index (χ3n) is 1.04. The normalized spacial score (nSPS) is 13.2. The fourth-order valence-corrected chi connectivity index (χ4v) is 0.455. The van der Waals surface area contributed by atoms with Crippen LogP contribution in [0.3, 0.4) is 0 Å². The molecule has 1 radical (unpaired) electrons. The van der Waals surface area contributed by atoms with Crippen molar-refractivity contribution < 1.29 is 5.11 Å². The first-order chi connectivity index (χ1) is 3.81. The Labute approximate surface area is 51.0 Å². The first-order valence-corrected chi connectivity index (χ1v) is 2.89. The quantitative estimate of drug-likeness (QED) is 0.548. The topological polar surface area (TPSA) is 20.2 Å². The van der Waals surface area contributed by atoms with E-state index < -0.39 is 0 Å². The summed E-state index contributed by atoms with van der Waals surface area (Å²) in [6, 6.07) is 0. The molecule has 0 aliphatic heterocycles. The molecule has 0 spiro atoms. The van der Waals surface area contributed by atoms with E-state index in [2.05, 4.69) is 13.5 Å². The predicted octanol–water partition coefficient (Wildman–Crippen LogP) is 1.54. The fraction of sp³-hybridized carbons (Fsp3) is 0.571. The molecule has 0 amide bonds. The first-order valence-electron chi connectivity index (χ1n) is 2.89. The minimum Gasteiger partial charge on any atom is -0.393 e. The molecule has 1 unspecified atom stereocenters. The first kappa shape index (κ1) is 7.70. The van der Waals surface area contributed by atoms with Crippen LogP contribution in [-0.2, 0) is 0 Å². The van der Waals surface area contributed by atoms with Crippen molar-refractivity contribution >= 4 is 0 Å². The highest BCUT2D eigenvalue weighted by molar-refractivity contribution is 4.69. The summed E-state index contributed by atoms with van der Waals surface area (Å²) >= 11 is 0. The third-order valence-corrected chi connectivity index (χ3v) is 1.04. The molecule has 1 atom stereocenters. The number of hydrogen-bond acceptors (Lipinski definition) is 1. The Morgan fingerprint density at radius 3 is 2.62 bits per heavy atom. The Morgan fingerprint density at radius 2 is 2.25 bits per heavy atom. The SMILES string of the molecule is [CH2]CC(O)CCC=C. The molecule has 0 bridgehead atoms. The zero-order valence-electron chi connectivity index (χ0n) is 5.14. The number of allylic oxidation sites excluding steroid dienone is 1. The van der Waals surface area contributed by atoms with E-state index in [1.807, 2.05) is 0 Å². The van der Waals surface area contributed by atoms with Gasteiger partial charge in [-0.2, -0.15) is 0 Å². The number of hydrogen-bond donors (Lipinski definition) is 1. The Bertz CT molecular complexity index is 59.4. The van der Waals surface area contributed by atoms with Crippen molar-refractivity contribution in [2.45, 2.75) is 25.4 Å². The maximum atomic E-state index is 8.88. The summed E-state index contributed by atoms with van der Waals surface area (Å²) in [5, 5.41) is 8.88. The Morgan fingerprint density at radius 1 is 1.62 bits per heavy atom. The number of rotatable bonds is 4. The van der Waals surface area contributed by atoms with Crippen LogP contribution in [0.1, 0.15) is 19.3 Å². The molecule has 47 valence electrons. The predicted molar refractivity (Wildman–Crippen MR) is 35.4 cm³/mol. The van der Waals surface area contributed by atoms with E-state index in [1.165, 1.54) is 0 Å². The third kappa shape index (κ3) is 3.88. The minimum atomic E-state index is -0.229. The summed E-state index contributed by atoms with van der Waals surface area (Å²) < 4.78 is 0. The molecule has 0 saturated heterocycles. The van der Waals surface area contributed by atoms with Gasteiger partial charge in [0, 0.05) is 0 Å². The second-order valence-corrected chi connectivity index (χ2v) is 1.81. The second kappa shape index (κ2) is 4.85. The van der Waals surface area contributed by atoms with Gasteiger partial charge in [-0.3, -0.25) is 0 Å². The van der Waals surface area contributed by atoms with E-state index in [0.29, 0.717) is 6.42 Å². The average Bonchev–Trinajstić information content (AvgIpc) is 1.83. The fourth-order valence-electron chi connectivity index (χ4n) is 0.455. The van der Waals surface area contributed by atoms with Gasteiger partial charge in [-0.05, 0) is 19.3 Å². The molecule has 0 aliphatic rings. The summed E-state index contributed by atoms with van der Waals surface area (Å²) in [7, 11) is 0. The lowest BCUT2D eigenvalue weighted by Gasteiger charge is -2.02. The van der Waals surface area contributed by atoms with E-state index in [9.17, 15) is 0 Å². The van der Waals surface area contributed by atoms with E-state index in [4.69, 9.17) is 5.11 Å². The molecule has 1 heteroatoms. The van der Waals surface area contributed by atoms with Crippen LogP contribution in [0.2, 0.25) is 0 Å². The lowest BCUT2D eigenvalue weighted by Crippen LogP contribution is -2.02. The van der Waals surface area contributed by atoms with E-state index >= 15 is 0 Å². The van der Waals surface area contributed by atoms with E-state index in [1.54, 1.807) is 6.08 Å².